The fourth-order valence-corrected chi connectivity index (χ4v) is 1.09. The number of carbonyl (C=O) groups excluding carboxylic acids is 1. The third kappa shape index (κ3) is 4.13. The minimum atomic E-state index is -1.05. The van der Waals surface area contributed by atoms with Crippen molar-refractivity contribution in [1.82, 2.24) is 0 Å². The van der Waals surface area contributed by atoms with Gasteiger partial charge in [-0.2, -0.15) is 0 Å². The molecule has 9 heavy (non-hydrogen) atoms. The number of hydrogen-bond acceptors (Lipinski definition) is 3. The number of ether oxygens (including phenoxy) is 2. The lowest BCUT2D eigenvalue weighted by Crippen LogP contribution is -2.32. The maximum absolute atomic E-state index is 10.3. The molecule has 4 nitrogen and oxygen atoms in total. The van der Waals surface area contributed by atoms with Crippen LogP contribution in [0.25, 0.3) is 0 Å². The monoisotopic (exact) mass is 149 g/mol. The molecule has 0 aliphatic heterocycles. The Morgan fingerprint density at radius 3 is 2.11 bits per heavy atom. The van der Waals surface area contributed by atoms with Crippen molar-refractivity contribution in [2.45, 2.75) is 5.91 Å². The second-order valence-corrected chi connectivity index (χ2v) is 3.34. The van der Waals surface area contributed by atoms with E-state index in [0.29, 0.717) is 0 Å². The standard InChI is InChI=1S/C4H11NO3Si/c1-7-4(8-2)9-3(5)6/h4H,9H2,1-2H3,(H2,5,6). The van der Waals surface area contributed by atoms with Crippen LogP contribution in [0.5, 0.6) is 0 Å². The van der Waals surface area contributed by atoms with E-state index in [-0.39, 0.29) is 11.4 Å². The molecule has 0 unspecified atom stereocenters. The maximum Gasteiger partial charge on any atom is 0.194 e. The molecule has 0 aromatic rings. The average molecular weight is 149 g/mol. The van der Waals surface area contributed by atoms with Gasteiger partial charge in [0, 0.05) is 14.2 Å². The molecule has 0 rings (SSSR count). The normalized spacial score (nSPS) is 11.4. The lowest BCUT2D eigenvalue weighted by Gasteiger charge is -2.08. The van der Waals surface area contributed by atoms with E-state index in [2.05, 4.69) is 0 Å². The zero-order valence-corrected chi connectivity index (χ0v) is 7.00. The molecule has 1 amide bonds. The Morgan fingerprint density at radius 1 is 1.56 bits per heavy atom. The van der Waals surface area contributed by atoms with E-state index in [4.69, 9.17) is 15.2 Å². The second kappa shape index (κ2) is 4.48. The van der Waals surface area contributed by atoms with Gasteiger partial charge >= 0.3 is 0 Å². The number of hydrogen-bond donors (Lipinski definition) is 1. The van der Waals surface area contributed by atoms with Gasteiger partial charge in [-0.05, 0) is 0 Å². The highest BCUT2D eigenvalue weighted by atomic mass is 28.2. The molecule has 0 aliphatic carbocycles. The van der Waals surface area contributed by atoms with E-state index in [1.807, 2.05) is 0 Å². The summed E-state index contributed by atoms with van der Waals surface area (Å²) in [5.41, 5.74) is 4.62. The predicted octanol–water partition coefficient (Wildman–Crippen LogP) is -1.19. The first kappa shape index (κ1) is 8.61. The van der Waals surface area contributed by atoms with Gasteiger partial charge in [-0.1, -0.05) is 0 Å². The predicted molar refractivity (Wildman–Crippen MR) is 35.9 cm³/mol. The van der Waals surface area contributed by atoms with Crippen LogP contribution in [0.1, 0.15) is 0 Å². The van der Waals surface area contributed by atoms with Gasteiger partial charge in [-0.25, -0.2) is 0 Å². The van der Waals surface area contributed by atoms with E-state index in [0.717, 1.165) is 0 Å². The van der Waals surface area contributed by atoms with Crippen LogP contribution >= 0.6 is 0 Å². The van der Waals surface area contributed by atoms with E-state index >= 15 is 0 Å². The smallest absolute Gasteiger partial charge is 0.194 e. The summed E-state index contributed by atoms with van der Waals surface area (Å²) in [7, 11) is 1.93. The minimum Gasteiger partial charge on any atom is -0.375 e. The highest BCUT2D eigenvalue weighted by Gasteiger charge is 2.08. The van der Waals surface area contributed by atoms with E-state index in [1.165, 1.54) is 14.2 Å². The van der Waals surface area contributed by atoms with Gasteiger partial charge in [0.1, 0.15) is 5.91 Å². The van der Waals surface area contributed by atoms with Crippen molar-refractivity contribution in [2.24, 2.45) is 5.73 Å². The number of methoxy groups -OCH3 is 2. The molecule has 0 radical (unpaired) electrons. The summed E-state index contributed by atoms with van der Waals surface area (Å²) in [6, 6.07) is 0. The maximum atomic E-state index is 10.3. The molecule has 0 spiro atoms. The first-order valence-corrected chi connectivity index (χ1v) is 4.07. The van der Waals surface area contributed by atoms with Gasteiger partial charge in [0.15, 0.2) is 15.1 Å². The lowest BCUT2D eigenvalue weighted by atomic mass is 11.3. The Labute approximate surface area is 56.1 Å². The van der Waals surface area contributed by atoms with E-state index in [9.17, 15) is 4.79 Å². The topological polar surface area (TPSA) is 61.6 Å². The highest BCUT2D eigenvalue weighted by molar-refractivity contribution is 6.73. The van der Waals surface area contributed by atoms with Gasteiger partial charge < -0.3 is 15.2 Å². The average Bonchev–Trinajstić information content (AvgIpc) is 1.82. The quantitative estimate of drug-likeness (QED) is 0.404. The molecule has 2 N–H and O–H groups in total. The molecule has 0 heterocycles. The Hall–Kier alpha value is -0.393. The molecule has 0 aliphatic rings. The Balaban J connectivity index is 3.43. The number of primary amides is 1. The molecular formula is C4H11NO3Si. The van der Waals surface area contributed by atoms with Crippen LogP contribution in [0, 0.1) is 0 Å². The third-order valence-electron chi connectivity index (χ3n) is 0.894. The largest absolute Gasteiger partial charge is 0.375 e. The zero-order valence-electron chi connectivity index (χ0n) is 5.59. The van der Waals surface area contributed by atoms with E-state index in [1.54, 1.807) is 0 Å². The van der Waals surface area contributed by atoms with Crippen molar-refractivity contribution in [3.05, 3.63) is 0 Å². The molecule has 54 valence electrons. The van der Waals surface area contributed by atoms with E-state index < -0.39 is 9.52 Å². The van der Waals surface area contributed by atoms with Crippen LogP contribution in [-0.4, -0.2) is 35.2 Å². The molecular weight excluding hydrogens is 138 g/mol. The first-order valence-electron chi connectivity index (χ1n) is 2.54. The van der Waals surface area contributed by atoms with Crippen LogP contribution < -0.4 is 5.73 Å². The number of nitrogens with two attached hydrogens (primary N) is 1. The van der Waals surface area contributed by atoms with Gasteiger partial charge in [0.2, 0.25) is 0 Å². The minimum absolute atomic E-state index is 0.288. The Kier molecular flexibility index (Phi) is 4.29. The highest BCUT2D eigenvalue weighted by Crippen LogP contribution is 1.85. The van der Waals surface area contributed by atoms with Gasteiger partial charge in [-0.15, -0.1) is 0 Å². The van der Waals surface area contributed by atoms with Gasteiger partial charge in [-0.3, -0.25) is 4.79 Å². The molecule has 5 heteroatoms. The van der Waals surface area contributed by atoms with Crippen LogP contribution in [-0.2, 0) is 9.47 Å². The van der Waals surface area contributed by atoms with Crippen molar-refractivity contribution in [1.29, 1.82) is 0 Å². The van der Waals surface area contributed by atoms with Crippen molar-refractivity contribution >= 4 is 15.1 Å². The molecule has 0 saturated heterocycles. The molecule has 0 atom stereocenters. The van der Waals surface area contributed by atoms with Crippen molar-refractivity contribution in [3.63, 3.8) is 0 Å². The summed E-state index contributed by atoms with van der Waals surface area (Å²) < 4.78 is 9.50. The third-order valence-corrected chi connectivity index (χ3v) is 2.30. The number of amides is 1. The SMILES string of the molecule is COC(OC)[SiH2]C(N)=O. The van der Waals surface area contributed by atoms with Crippen LogP contribution in [0.3, 0.4) is 0 Å². The molecule has 0 saturated carbocycles. The second-order valence-electron chi connectivity index (χ2n) is 1.57. The summed E-state index contributed by atoms with van der Waals surface area (Å²) in [5.74, 6) is -0.359. The van der Waals surface area contributed by atoms with Crippen LogP contribution in [0.2, 0.25) is 0 Å². The fraction of sp³-hybridized carbons (Fsp3) is 0.750. The molecule has 0 fully saturated rings. The van der Waals surface area contributed by atoms with Crippen molar-refractivity contribution < 1.29 is 14.3 Å². The van der Waals surface area contributed by atoms with Crippen LogP contribution in [0.4, 0.5) is 4.79 Å². The number of rotatable bonds is 4. The molecule has 0 bridgehead atoms. The fourth-order valence-electron chi connectivity index (χ4n) is 0.427. The molecule has 0 aromatic carbocycles. The lowest BCUT2D eigenvalue weighted by molar-refractivity contribution is -0.0430. The summed E-state index contributed by atoms with van der Waals surface area (Å²) in [6.45, 7) is 0. The van der Waals surface area contributed by atoms with Crippen molar-refractivity contribution in [3.8, 4) is 0 Å². The zero-order chi connectivity index (χ0) is 7.28. The van der Waals surface area contributed by atoms with Crippen LogP contribution in [0.15, 0.2) is 0 Å². The summed E-state index contributed by atoms with van der Waals surface area (Å²) in [6.07, 6.45) is 0. The Bertz CT molecular complexity index is 93.8. The van der Waals surface area contributed by atoms with Gasteiger partial charge in [0.25, 0.3) is 0 Å². The first-order chi connectivity index (χ1) is 4.20. The van der Waals surface area contributed by atoms with Crippen molar-refractivity contribution in [2.75, 3.05) is 14.2 Å². The van der Waals surface area contributed by atoms with Gasteiger partial charge in [0.05, 0.1) is 0 Å². The summed E-state index contributed by atoms with van der Waals surface area (Å²) >= 11 is 0. The summed E-state index contributed by atoms with van der Waals surface area (Å²) in [4.78, 5) is 10.3. The summed E-state index contributed by atoms with van der Waals surface area (Å²) in [5, 5.41) is 0. The molecule has 0 aromatic heterocycles. The number of carbonyl (C=O) groups is 1. The Morgan fingerprint density at radius 2 is 2.00 bits per heavy atom.